The second kappa shape index (κ2) is 6.00. The van der Waals surface area contributed by atoms with Gasteiger partial charge in [-0.2, -0.15) is 0 Å². The molecule has 1 saturated carbocycles. The van der Waals surface area contributed by atoms with E-state index in [0.717, 1.165) is 28.7 Å². The molecule has 4 rings (SSSR count). The van der Waals surface area contributed by atoms with Crippen molar-refractivity contribution in [3.63, 3.8) is 0 Å². The number of aromatic nitrogens is 2. The molecule has 2 aromatic heterocycles. The maximum Gasteiger partial charge on any atom is 0.254 e. The normalized spacial score (nSPS) is 13.9. The summed E-state index contributed by atoms with van der Waals surface area (Å²) in [6, 6.07) is 12.0. The number of anilines is 1. The highest BCUT2D eigenvalue weighted by Gasteiger charge is 2.22. The first-order valence-electron chi connectivity index (χ1n) is 8.29. The molecule has 1 aliphatic rings. The predicted molar refractivity (Wildman–Crippen MR) is 96.1 cm³/mol. The number of aromatic amines is 1. The van der Waals surface area contributed by atoms with E-state index in [1.807, 2.05) is 30.5 Å². The first kappa shape index (κ1) is 14.8. The molecule has 3 N–H and O–H groups in total. The molecule has 0 bridgehead atoms. The molecule has 5 nitrogen and oxygen atoms in total. The van der Waals surface area contributed by atoms with Crippen LogP contribution in [-0.2, 0) is 0 Å². The van der Waals surface area contributed by atoms with Crippen molar-refractivity contribution in [2.24, 2.45) is 5.92 Å². The fraction of sp³-hybridized carbons (Fsp3) is 0.263. The lowest BCUT2D eigenvalue weighted by atomic mass is 10.1. The number of rotatable bonds is 5. The quantitative estimate of drug-likeness (QED) is 0.675. The number of nitrogens with one attached hydrogen (secondary N) is 3. The van der Waals surface area contributed by atoms with E-state index in [1.165, 1.54) is 12.8 Å². The van der Waals surface area contributed by atoms with Gasteiger partial charge < -0.3 is 15.6 Å². The van der Waals surface area contributed by atoms with Crippen LogP contribution in [0.3, 0.4) is 0 Å². The standard InChI is InChI=1S/C19H20N4O/c1-20-19(24)15-5-7-17(23-18(15)22-11-12-2-3-12)13-4-6-16-14(10-13)8-9-21-16/h4-10,12,21H,2-3,11H2,1H3,(H,20,24)(H,22,23). The number of H-pyrrole nitrogens is 1. The Morgan fingerprint density at radius 2 is 2.12 bits per heavy atom. The second-order valence-electron chi connectivity index (χ2n) is 6.28. The highest BCUT2D eigenvalue weighted by Crippen LogP contribution is 2.30. The van der Waals surface area contributed by atoms with Gasteiger partial charge in [-0.05, 0) is 49.1 Å². The van der Waals surface area contributed by atoms with Crippen molar-refractivity contribution >= 4 is 22.6 Å². The lowest BCUT2D eigenvalue weighted by Crippen LogP contribution is -2.21. The number of fused-ring (bicyclic) bond motifs is 1. The number of carbonyl (C=O) groups is 1. The first-order valence-corrected chi connectivity index (χ1v) is 8.29. The van der Waals surface area contributed by atoms with Crippen LogP contribution in [0.4, 0.5) is 5.82 Å². The number of nitrogens with zero attached hydrogens (tertiary/aromatic N) is 1. The van der Waals surface area contributed by atoms with Gasteiger partial charge >= 0.3 is 0 Å². The van der Waals surface area contributed by atoms with Gasteiger partial charge in [-0.3, -0.25) is 4.79 Å². The number of pyridine rings is 1. The molecule has 1 fully saturated rings. The van der Waals surface area contributed by atoms with Gasteiger partial charge in [-0.15, -0.1) is 0 Å². The maximum atomic E-state index is 12.1. The Bertz CT molecular complexity index is 895. The number of hydrogen-bond acceptors (Lipinski definition) is 3. The van der Waals surface area contributed by atoms with E-state index >= 15 is 0 Å². The number of amides is 1. The molecule has 0 aliphatic heterocycles. The summed E-state index contributed by atoms with van der Waals surface area (Å²) in [6.45, 7) is 0.872. The van der Waals surface area contributed by atoms with Crippen LogP contribution in [0.1, 0.15) is 23.2 Å². The topological polar surface area (TPSA) is 69.8 Å². The van der Waals surface area contributed by atoms with Crippen molar-refractivity contribution in [3.05, 3.63) is 48.2 Å². The van der Waals surface area contributed by atoms with Gasteiger partial charge in [-0.1, -0.05) is 6.07 Å². The third kappa shape index (κ3) is 2.85. The largest absolute Gasteiger partial charge is 0.369 e. The fourth-order valence-electron chi connectivity index (χ4n) is 2.85. The molecule has 1 amide bonds. The number of hydrogen-bond donors (Lipinski definition) is 3. The molecule has 0 spiro atoms. The minimum absolute atomic E-state index is 0.117. The molecule has 5 heteroatoms. The molecule has 3 aromatic rings. The summed E-state index contributed by atoms with van der Waals surface area (Å²) in [5.74, 6) is 1.26. The van der Waals surface area contributed by atoms with Gasteiger partial charge in [0.05, 0.1) is 11.3 Å². The van der Waals surface area contributed by atoms with Gasteiger partial charge in [0.2, 0.25) is 0 Å². The Hall–Kier alpha value is -2.82. The monoisotopic (exact) mass is 320 g/mol. The third-order valence-electron chi connectivity index (χ3n) is 4.47. The minimum atomic E-state index is -0.117. The number of carbonyl (C=O) groups excluding carboxylic acids is 1. The van der Waals surface area contributed by atoms with E-state index in [-0.39, 0.29) is 5.91 Å². The van der Waals surface area contributed by atoms with Crippen LogP contribution in [-0.4, -0.2) is 29.5 Å². The van der Waals surface area contributed by atoms with Crippen LogP contribution >= 0.6 is 0 Å². The van der Waals surface area contributed by atoms with Crippen LogP contribution in [0.25, 0.3) is 22.2 Å². The van der Waals surface area contributed by atoms with Crippen LogP contribution in [0.2, 0.25) is 0 Å². The minimum Gasteiger partial charge on any atom is -0.369 e. The molecule has 24 heavy (non-hydrogen) atoms. The zero-order valence-electron chi connectivity index (χ0n) is 13.6. The SMILES string of the molecule is CNC(=O)c1ccc(-c2ccc3[nH]ccc3c2)nc1NCC1CC1. The van der Waals surface area contributed by atoms with E-state index in [2.05, 4.69) is 27.8 Å². The Balaban J connectivity index is 1.71. The van der Waals surface area contributed by atoms with Gasteiger partial charge in [0.1, 0.15) is 5.82 Å². The van der Waals surface area contributed by atoms with Crippen molar-refractivity contribution < 1.29 is 4.79 Å². The van der Waals surface area contributed by atoms with E-state index in [4.69, 9.17) is 4.98 Å². The van der Waals surface area contributed by atoms with Gasteiger partial charge in [-0.25, -0.2) is 4.98 Å². The van der Waals surface area contributed by atoms with Crippen LogP contribution in [0, 0.1) is 5.92 Å². The predicted octanol–water partition coefficient (Wildman–Crippen LogP) is 3.41. The lowest BCUT2D eigenvalue weighted by molar-refractivity contribution is 0.0963. The average Bonchev–Trinajstić information content (AvgIpc) is 3.33. The Morgan fingerprint density at radius 1 is 1.25 bits per heavy atom. The van der Waals surface area contributed by atoms with Gasteiger partial charge in [0, 0.05) is 36.3 Å². The van der Waals surface area contributed by atoms with Crippen molar-refractivity contribution in [2.75, 3.05) is 18.9 Å². The summed E-state index contributed by atoms with van der Waals surface area (Å²) in [5.41, 5.74) is 3.60. The molecule has 0 atom stereocenters. The Kier molecular flexibility index (Phi) is 3.69. The highest BCUT2D eigenvalue weighted by molar-refractivity contribution is 5.99. The molecule has 0 radical (unpaired) electrons. The van der Waals surface area contributed by atoms with Crippen LogP contribution in [0.5, 0.6) is 0 Å². The van der Waals surface area contributed by atoms with Crippen molar-refractivity contribution in [2.45, 2.75) is 12.8 Å². The van der Waals surface area contributed by atoms with Gasteiger partial charge in [0.15, 0.2) is 0 Å². The van der Waals surface area contributed by atoms with Gasteiger partial charge in [0.25, 0.3) is 5.91 Å². The molecular weight excluding hydrogens is 300 g/mol. The summed E-state index contributed by atoms with van der Waals surface area (Å²) in [4.78, 5) is 20.0. The van der Waals surface area contributed by atoms with Crippen LogP contribution < -0.4 is 10.6 Å². The molecule has 0 saturated heterocycles. The average molecular weight is 320 g/mol. The molecule has 1 aliphatic carbocycles. The first-order chi connectivity index (χ1) is 11.7. The van der Waals surface area contributed by atoms with Crippen molar-refractivity contribution in [1.29, 1.82) is 0 Å². The Labute approximate surface area is 140 Å². The lowest BCUT2D eigenvalue weighted by Gasteiger charge is -2.12. The molecule has 1 aromatic carbocycles. The zero-order valence-corrected chi connectivity index (χ0v) is 13.6. The summed E-state index contributed by atoms with van der Waals surface area (Å²) >= 11 is 0. The molecule has 122 valence electrons. The zero-order chi connectivity index (χ0) is 16.5. The summed E-state index contributed by atoms with van der Waals surface area (Å²) in [5, 5.41) is 7.19. The van der Waals surface area contributed by atoms with Crippen molar-refractivity contribution in [1.82, 2.24) is 15.3 Å². The third-order valence-corrected chi connectivity index (χ3v) is 4.47. The maximum absolute atomic E-state index is 12.1. The van der Waals surface area contributed by atoms with E-state index < -0.39 is 0 Å². The van der Waals surface area contributed by atoms with Crippen molar-refractivity contribution in [3.8, 4) is 11.3 Å². The Morgan fingerprint density at radius 3 is 2.92 bits per heavy atom. The number of benzene rings is 1. The summed E-state index contributed by atoms with van der Waals surface area (Å²) < 4.78 is 0. The second-order valence-corrected chi connectivity index (χ2v) is 6.28. The van der Waals surface area contributed by atoms with E-state index in [9.17, 15) is 4.79 Å². The molecule has 2 heterocycles. The molecular formula is C19H20N4O. The summed E-state index contributed by atoms with van der Waals surface area (Å²) in [7, 11) is 1.64. The smallest absolute Gasteiger partial charge is 0.254 e. The van der Waals surface area contributed by atoms with Crippen LogP contribution in [0.15, 0.2) is 42.6 Å². The summed E-state index contributed by atoms with van der Waals surface area (Å²) in [6.07, 6.45) is 4.44. The van der Waals surface area contributed by atoms with E-state index in [0.29, 0.717) is 17.3 Å². The molecule has 0 unspecified atom stereocenters. The van der Waals surface area contributed by atoms with E-state index in [1.54, 1.807) is 7.05 Å². The highest BCUT2D eigenvalue weighted by atomic mass is 16.1. The fourth-order valence-corrected chi connectivity index (χ4v) is 2.85.